The number of methoxy groups -OCH3 is 1. The number of hydrazone groups is 1. The largest absolute Gasteiger partial charge is 0.497 e. The zero-order chi connectivity index (χ0) is 13.7. The van der Waals surface area contributed by atoms with E-state index in [1.165, 1.54) is 0 Å². The lowest BCUT2D eigenvalue weighted by atomic mass is 10.2. The van der Waals surface area contributed by atoms with Gasteiger partial charge in [-0.1, -0.05) is 0 Å². The van der Waals surface area contributed by atoms with Crippen LogP contribution < -0.4 is 10.2 Å². The number of amides is 1. The van der Waals surface area contributed by atoms with Crippen molar-refractivity contribution in [3.05, 3.63) is 45.3 Å². The number of ether oxygens (including phenoxy) is 1. The minimum atomic E-state index is -0.327. The highest BCUT2D eigenvalue weighted by Gasteiger charge is 2.10. The van der Waals surface area contributed by atoms with Gasteiger partial charge in [-0.3, -0.25) is 9.89 Å². The Morgan fingerprint density at radius 1 is 1.47 bits per heavy atom. The first-order chi connectivity index (χ1) is 9.20. The van der Waals surface area contributed by atoms with Crippen LogP contribution in [-0.2, 0) is 0 Å². The van der Waals surface area contributed by atoms with Crippen molar-refractivity contribution in [2.45, 2.75) is 0 Å². The second-order valence-corrected chi connectivity index (χ2v) is 4.73. The van der Waals surface area contributed by atoms with Gasteiger partial charge in [0.2, 0.25) is 0 Å². The monoisotopic (exact) mass is 370 g/mol. The minimum Gasteiger partial charge on any atom is -0.497 e. The van der Waals surface area contributed by atoms with Crippen LogP contribution in [0.2, 0.25) is 0 Å². The van der Waals surface area contributed by atoms with E-state index >= 15 is 0 Å². The van der Waals surface area contributed by atoms with E-state index in [1.54, 1.807) is 19.5 Å². The highest BCUT2D eigenvalue weighted by molar-refractivity contribution is 14.1. The Balaban J connectivity index is 1.96. The number of rotatable bonds is 4. The number of aromatic nitrogens is 2. The first-order valence-electron chi connectivity index (χ1n) is 5.37. The number of benzene rings is 1. The quantitative estimate of drug-likeness (QED) is 0.489. The summed E-state index contributed by atoms with van der Waals surface area (Å²) in [4.78, 5) is 11.7. The fourth-order valence-electron chi connectivity index (χ4n) is 1.34. The molecule has 0 saturated carbocycles. The lowest BCUT2D eigenvalue weighted by Crippen LogP contribution is -2.19. The number of halogens is 1. The first-order valence-corrected chi connectivity index (χ1v) is 6.45. The molecule has 0 aliphatic carbocycles. The zero-order valence-electron chi connectivity index (χ0n) is 10.1. The molecule has 19 heavy (non-hydrogen) atoms. The maximum Gasteiger partial charge on any atom is 0.290 e. The molecule has 0 fully saturated rings. The van der Waals surface area contributed by atoms with Crippen LogP contribution >= 0.6 is 22.6 Å². The lowest BCUT2D eigenvalue weighted by molar-refractivity contribution is 0.0949. The molecule has 2 rings (SSSR count). The summed E-state index contributed by atoms with van der Waals surface area (Å²) in [6.45, 7) is 0. The van der Waals surface area contributed by atoms with Crippen LogP contribution in [0.4, 0.5) is 0 Å². The van der Waals surface area contributed by atoms with Gasteiger partial charge in [-0.05, 0) is 52.4 Å². The second kappa shape index (κ2) is 6.32. The predicted molar refractivity (Wildman–Crippen MR) is 79.4 cm³/mol. The van der Waals surface area contributed by atoms with Gasteiger partial charge in [0.15, 0.2) is 0 Å². The summed E-state index contributed by atoms with van der Waals surface area (Å²) in [5.74, 6) is 0.444. The molecule has 0 aliphatic heterocycles. The molecule has 6 nitrogen and oxygen atoms in total. The van der Waals surface area contributed by atoms with Gasteiger partial charge in [-0.25, -0.2) is 5.43 Å². The molecule has 0 saturated heterocycles. The maximum absolute atomic E-state index is 11.7. The lowest BCUT2D eigenvalue weighted by Gasteiger charge is -1.99. The Kier molecular flexibility index (Phi) is 4.50. The van der Waals surface area contributed by atoms with Gasteiger partial charge < -0.3 is 4.74 Å². The van der Waals surface area contributed by atoms with Gasteiger partial charge in [0.05, 0.1) is 23.1 Å². The first kappa shape index (κ1) is 13.5. The summed E-state index contributed by atoms with van der Waals surface area (Å²) in [6, 6.07) is 7.32. The zero-order valence-corrected chi connectivity index (χ0v) is 12.2. The number of nitrogens with one attached hydrogen (secondary N) is 2. The highest BCUT2D eigenvalue weighted by Crippen LogP contribution is 2.10. The molecule has 1 aromatic carbocycles. The van der Waals surface area contributed by atoms with Crippen LogP contribution in [0.25, 0.3) is 0 Å². The van der Waals surface area contributed by atoms with Crippen LogP contribution in [0.1, 0.15) is 16.1 Å². The molecular weight excluding hydrogens is 359 g/mol. The Labute approximate surface area is 123 Å². The van der Waals surface area contributed by atoms with E-state index in [0.29, 0.717) is 5.69 Å². The third-order valence-corrected chi connectivity index (χ3v) is 3.13. The highest BCUT2D eigenvalue weighted by atomic mass is 127. The van der Waals surface area contributed by atoms with Gasteiger partial charge in [0, 0.05) is 0 Å². The molecule has 2 N–H and O–H groups in total. The minimum absolute atomic E-state index is 0.327. The molecule has 0 spiro atoms. The summed E-state index contributed by atoms with van der Waals surface area (Å²) in [5, 5.41) is 10.3. The predicted octanol–water partition coefficient (Wildman–Crippen LogP) is 1.79. The van der Waals surface area contributed by atoms with Crippen molar-refractivity contribution in [2.24, 2.45) is 5.10 Å². The van der Waals surface area contributed by atoms with Gasteiger partial charge in [0.25, 0.3) is 5.91 Å². The Morgan fingerprint density at radius 2 is 2.21 bits per heavy atom. The number of carbonyl (C=O) groups excluding carboxylic acids is 1. The van der Waals surface area contributed by atoms with E-state index in [4.69, 9.17) is 4.74 Å². The van der Waals surface area contributed by atoms with E-state index < -0.39 is 0 Å². The summed E-state index contributed by atoms with van der Waals surface area (Å²) in [5.41, 5.74) is 3.68. The van der Waals surface area contributed by atoms with Crippen LogP contribution in [-0.4, -0.2) is 29.4 Å². The van der Waals surface area contributed by atoms with Crippen molar-refractivity contribution in [3.63, 3.8) is 0 Å². The maximum atomic E-state index is 11.7. The van der Waals surface area contributed by atoms with Crippen LogP contribution in [0.3, 0.4) is 0 Å². The van der Waals surface area contributed by atoms with Crippen molar-refractivity contribution >= 4 is 34.7 Å². The number of hydrogen-bond donors (Lipinski definition) is 2. The molecular formula is C12H11IN4O2. The normalized spacial score (nSPS) is 10.6. The van der Waals surface area contributed by atoms with E-state index in [0.717, 1.165) is 14.9 Å². The fraction of sp³-hybridized carbons (Fsp3) is 0.0833. The van der Waals surface area contributed by atoms with Crippen molar-refractivity contribution in [3.8, 4) is 5.75 Å². The van der Waals surface area contributed by atoms with E-state index in [1.807, 2.05) is 46.9 Å². The van der Waals surface area contributed by atoms with Crippen LogP contribution in [0.5, 0.6) is 5.75 Å². The molecule has 7 heteroatoms. The standard InChI is InChI=1S/C12H11IN4O2/c1-19-9-4-2-8(3-5-9)6-14-17-12(18)11-10(13)7-15-16-11/h2-7H,1H3,(H,15,16)(H,17,18). The van der Waals surface area contributed by atoms with E-state index in [2.05, 4.69) is 20.7 Å². The molecule has 1 aromatic heterocycles. The van der Waals surface area contributed by atoms with Crippen molar-refractivity contribution < 1.29 is 9.53 Å². The second-order valence-electron chi connectivity index (χ2n) is 3.57. The fourth-order valence-corrected chi connectivity index (χ4v) is 1.85. The molecule has 98 valence electrons. The van der Waals surface area contributed by atoms with Crippen LogP contribution in [0, 0.1) is 3.57 Å². The average Bonchev–Trinajstić information content (AvgIpc) is 2.86. The van der Waals surface area contributed by atoms with Gasteiger partial charge in [-0.15, -0.1) is 0 Å². The molecule has 0 radical (unpaired) electrons. The van der Waals surface area contributed by atoms with Gasteiger partial charge >= 0.3 is 0 Å². The molecule has 0 aliphatic rings. The third kappa shape index (κ3) is 3.53. The van der Waals surface area contributed by atoms with Crippen molar-refractivity contribution in [1.82, 2.24) is 15.6 Å². The molecule has 1 heterocycles. The number of carbonyl (C=O) groups is 1. The number of aromatic amines is 1. The Bertz CT molecular complexity index is 592. The number of nitrogens with zero attached hydrogens (tertiary/aromatic N) is 2. The smallest absolute Gasteiger partial charge is 0.290 e. The topological polar surface area (TPSA) is 79.4 Å². The van der Waals surface area contributed by atoms with Crippen molar-refractivity contribution in [2.75, 3.05) is 7.11 Å². The summed E-state index contributed by atoms with van der Waals surface area (Å²) >= 11 is 2.02. The van der Waals surface area contributed by atoms with E-state index in [9.17, 15) is 4.79 Å². The summed E-state index contributed by atoms with van der Waals surface area (Å²) < 4.78 is 5.79. The summed E-state index contributed by atoms with van der Waals surface area (Å²) in [6.07, 6.45) is 3.13. The molecule has 0 atom stereocenters. The number of hydrogen-bond acceptors (Lipinski definition) is 4. The third-order valence-electron chi connectivity index (χ3n) is 2.32. The average molecular weight is 370 g/mol. The molecule has 1 amide bonds. The van der Waals surface area contributed by atoms with Crippen molar-refractivity contribution in [1.29, 1.82) is 0 Å². The Hall–Kier alpha value is -1.90. The molecule has 0 unspecified atom stereocenters. The van der Waals surface area contributed by atoms with Gasteiger partial charge in [0.1, 0.15) is 11.4 Å². The Morgan fingerprint density at radius 3 is 2.79 bits per heavy atom. The SMILES string of the molecule is COc1ccc(C=NNC(=O)c2[nH]ncc2I)cc1. The molecule has 0 bridgehead atoms. The van der Waals surface area contributed by atoms with Gasteiger partial charge in [-0.2, -0.15) is 10.2 Å². The number of H-pyrrole nitrogens is 1. The molecule has 2 aromatic rings. The van der Waals surface area contributed by atoms with E-state index in [-0.39, 0.29) is 5.91 Å². The summed E-state index contributed by atoms with van der Waals surface area (Å²) in [7, 11) is 1.61. The van der Waals surface area contributed by atoms with Crippen LogP contribution in [0.15, 0.2) is 35.6 Å².